The molecule has 1 aromatic carbocycles. The monoisotopic (exact) mass is 249 g/mol. The van der Waals surface area contributed by atoms with Crippen LogP contribution in [0.4, 0.5) is 5.69 Å². The van der Waals surface area contributed by atoms with E-state index in [4.69, 9.17) is 5.73 Å². The second-order valence-electron chi connectivity index (χ2n) is 3.26. The Bertz CT molecular complexity index is 480. The Morgan fingerprint density at radius 3 is 2.88 bits per heavy atom. The van der Waals surface area contributed by atoms with Gasteiger partial charge in [-0.1, -0.05) is 12.1 Å². The minimum absolute atomic E-state index is 0.169. The summed E-state index contributed by atoms with van der Waals surface area (Å²) < 4.78 is 0. The van der Waals surface area contributed by atoms with E-state index < -0.39 is 0 Å². The molecular formula is C12H11NOS2. The number of carbonyl (C=O) groups excluding carboxylic acids is 1. The molecule has 0 fully saturated rings. The Morgan fingerprint density at radius 2 is 2.19 bits per heavy atom. The summed E-state index contributed by atoms with van der Waals surface area (Å²) in [5.41, 5.74) is 6.39. The molecule has 2 rings (SSSR count). The summed E-state index contributed by atoms with van der Waals surface area (Å²) in [4.78, 5) is 13.6. The summed E-state index contributed by atoms with van der Waals surface area (Å²) in [5, 5.41) is 1.92. The number of thiophene rings is 1. The van der Waals surface area contributed by atoms with Gasteiger partial charge in [-0.2, -0.15) is 0 Å². The van der Waals surface area contributed by atoms with Gasteiger partial charge in [0, 0.05) is 10.6 Å². The number of nitrogen functional groups attached to an aromatic ring is 1. The SMILES string of the molecule is Nc1cccc(SCC(=O)c2cccs2)c1. The normalized spacial score (nSPS) is 10.2. The molecule has 1 aromatic heterocycles. The largest absolute Gasteiger partial charge is 0.399 e. The fraction of sp³-hybridized carbons (Fsp3) is 0.0833. The van der Waals surface area contributed by atoms with Gasteiger partial charge in [0.15, 0.2) is 5.78 Å². The van der Waals surface area contributed by atoms with Gasteiger partial charge in [-0.15, -0.1) is 23.1 Å². The summed E-state index contributed by atoms with van der Waals surface area (Å²) in [6, 6.07) is 11.3. The van der Waals surface area contributed by atoms with Gasteiger partial charge in [0.25, 0.3) is 0 Å². The first-order chi connectivity index (χ1) is 7.75. The third-order valence-electron chi connectivity index (χ3n) is 2.02. The van der Waals surface area contributed by atoms with Crippen LogP contribution in [-0.4, -0.2) is 11.5 Å². The van der Waals surface area contributed by atoms with E-state index in [0.29, 0.717) is 5.75 Å². The first-order valence-electron chi connectivity index (χ1n) is 4.81. The Balaban J connectivity index is 1.95. The molecule has 2 N–H and O–H groups in total. The summed E-state index contributed by atoms with van der Waals surface area (Å²) in [6.07, 6.45) is 0. The van der Waals surface area contributed by atoms with E-state index in [1.807, 2.05) is 41.8 Å². The van der Waals surface area contributed by atoms with Crippen LogP contribution in [0.2, 0.25) is 0 Å². The highest BCUT2D eigenvalue weighted by atomic mass is 32.2. The molecular weight excluding hydrogens is 238 g/mol. The number of ketones is 1. The molecule has 0 aliphatic carbocycles. The average Bonchev–Trinajstić information content (AvgIpc) is 2.79. The number of carbonyl (C=O) groups is 1. The van der Waals surface area contributed by atoms with Crippen molar-refractivity contribution in [3.63, 3.8) is 0 Å². The average molecular weight is 249 g/mol. The van der Waals surface area contributed by atoms with Gasteiger partial charge in [0.1, 0.15) is 0 Å². The van der Waals surface area contributed by atoms with E-state index in [1.54, 1.807) is 0 Å². The van der Waals surface area contributed by atoms with Gasteiger partial charge in [-0.3, -0.25) is 4.79 Å². The third-order valence-corrected chi connectivity index (χ3v) is 3.93. The fourth-order valence-electron chi connectivity index (χ4n) is 1.26. The first-order valence-corrected chi connectivity index (χ1v) is 6.67. The van der Waals surface area contributed by atoms with Crippen molar-refractivity contribution in [3.05, 3.63) is 46.7 Å². The van der Waals surface area contributed by atoms with Crippen LogP contribution in [0.15, 0.2) is 46.7 Å². The second kappa shape index (κ2) is 5.18. The van der Waals surface area contributed by atoms with Crippen LogP contribution in [0.5, 0.6) is 0 Å². The predicted octanol–water partition coefficient (Wildman–Crippen LogP) is 3.31. The van der Waals surface area contributed by atoms with Crippen molar-refractivity contribution in [2.75, 3.05) is 11.5 Å². The molecule has 0 bridgehead atoms. The van der Waals surface area contributed by atoms with Crippen molar-refractivity contribution in [1.29, 1.82) is 0 Å². The lowest BCUT2D eigenvalue weighted by Gasteiger charge is -2.00. The number of rotatable bonds is 4. The third kappa shape index (κ3) is 2.87. The number of benzene rings is 1. The van der Waals surface area contributed by atoms with Crippen LogP contribution in [0.3, 0.4) is 0 Å². The Morgan fingerprint density at radius 1 is 1.31 bits per heavy atom. The number of hydrogen-bond acceptors (Lipinski definition) is 4. The zero-order chi connectivity index (χ0) is 11.4. The molecule has 0 atom stereocenters. The van der Waals surface area contributed by atoms with E-state index >= 15 is 0 Å². The van der Waals surface area contributed by atoms with Gasteiger partial charge in [-0.05, 0) is 29.6 Å². The highest BCUT2D eigenvalue weighted by Crippen LogP contribution is 2.22. The molecule has 0 saturated heterocycles. The van der Waals surface area contributed by atoms with Gasteiger partial charge < -0.3 is 5.73 Å². The van der Waals surface area contributed by atoms with E-state index in [-0.39, 0.29) is 5.78 Å². The van der Waals surface area contributed by atoms with Crippen LogP contribution in [-0.2, 0) is 0 Å². The van der Waals surface area contributed by atoms with Crippen LogP contribution < -0.4 is 5.73 Å². The molecule has 0 aliphatic heterocycles. The Hall–Kier alpha value is -1.26. The summed E-state index contributed by atoms with van der Waals surface area (Å²) in [5.74, 6) is 0.631. The molecule has 1 heterocycles. The molecule has 0 aliphatic rings. The van der Waals surface area contributed by atoms with Crippen LogP contribution in [0.1, 0.15) is 9.67 Å². The van der Waals surface area contributed by atoms with Crippen molar-refractivity contribution < 1.29 is 4.79 Å². The van der Waals surface area contributed by atoms with Gasteiger partial charge in [0.05, 0.1) is 10.6 Å². The molecule has 16 heavy (non-hydrogen) atoms. The molecule has 0 unspecified atom stereocenters. The van der Waals surface area contributed by atoms with Crippen LogP contribution in [0.25, 0.3) is 0 Å². The number of anilines is 1. The second-order valence-corrected chi connectivity index (χ2v) is 5.26. The molecule has 0 amide bonds. The first kappa shape index (κ1) is 11.2. The zero-order valence-corrected chi connectivity index (χ0v) is 10.2. The minimum Gasteiger partial charge on any atom is -0.399 e. The Labute approximate surface area is 102 Å². The van der Waals surface area contributed by atoms with E-state index in [1.165, 1.54) is 23.1 Å². The maximum Gasteiger partial charge on any atom is 0.182 e. The van der Waals surface area contributed by atoms with E-state index in [0.717, 1.165) is 15.5 Å². The number of hydrogen-bond donors (Lipinski definition) is 1. The van der Waals surface area contributed by atoms with Crippen molar-refractivity contribution in [1.82, 2.24) is 0 Å². The maximum absolute atomic E-state index is 11.7. The number of nitrogens with two attached hydrogens (primary N) is 1. The summed E-state index contributed by atoms with van der Waals surface area (Å²) >= 11 is 3.00. The smallest absolute Gasteiger partial charge is 0.182 e. The molecule has 0 radical (unpaired) electrons. The highest BCUT2D eigenvalue weighted by molar-refractivity contribution is 8.00. The zero-order valence-electron chi connectivity index (χ0n) is 8.55. The number of Topliss-reactive ketones (excluding diaryl/α,β-unsaturated/α-hetero) is 1. The molecule has 82 valence electrons. The molecule has 2 nitrogen and oxygen atoms in total. The number of thioether (sulfide) groups is 1. The Kier molecular flexibility index (Phi) is 3.64. The van der Waals surface area contributed by atoms with Crippen molar-refractivity contribution in [2.24, 2.45) is 0 Å². The lowest BCUT2D eigenvalue weighted by Crippen LogP contribution is -1.99. The van der Waals surface area contributed by atoms with Crippen molar-refractivity contribution >= 4 is 34.6 Å². The van der Waals surface area contributed by atoms with Crippen LogP contribution in [0, 0.1) is 0 Å². The van der Waals surface area contributed by atoms with Gasteiger partial charge >= 0.3 is 0 Å². The molecule has 0 spiro atoms. The molecule has 0 saturated carbocycles. The maximum atomic E-state index is 11.7. The summed E-state index contributed by atoms with van der Waals surface area (Å²) in [6.45, 7) is 0. The fourth-order valence-corrected chi connectivity index (χ4v) is 2.86. The molecule has 2 aromatic rings. The summed E-state index contributed by atoms with van der Waals surface area (Å²) in [7, 11) is 0. The van der Waals surface area contributed by atoms with Crippen molar-refractivity contribution in [2.45, 2.75) is 4.90 Å². The quantitative estimate of drug-likeness (QED) is 0.513. The lowest BCUT2D eigenvalue weighted by atomic mass is 10.3. The predicted molar refractivity (Wildman–Crippen MR) is 70.2 cm³/mol. The van der Waals surface area contributed by atoms with Crippen molar-refractivity contribution in [3.8, 4) is 0 Å². The van der Waals surface area contributed by atoms with Gasteiger partial charge in [-0.25, -0.2) is 0 Å². The topological polar surface area (TPSA) is 43.1 Å². The van der Waals surface area contributed by atoms with Gasteiger partial charge in [0.2, 0.25) is 0 Å². The standard InChI is InChI=1S/C12H11NOS2/c13-9-3-1-4-10(7-9)16-8-11(14)12-5-2-6-15-12/h1-7H,8,13H2. The molecule has 4 heteroatoms. The lowest BCUT2D eigenvalue weighted by molar-refractivity contribution is 0.102. The highest BCUT2D eigenvalue weighted by Gasteiger charge is 2.07. The van der Waals surface area contributed by atoms with Crippen LogP contribution >= 0.6 is 23.1 Å². The minimum atomic E-state index is 0.169. The van der Waals surface area contributed by atoms with E-state index in [2.05, 4.69) is 0 Å². The van der Waals surface area contributed by atoms with E-state index in [9.17, 15) is 4.79 Å².